The Labute approximate surface area is 110 Å². The molecule has 0 bridgehead atoms. The van der Waals surface area contributed by atoms with Gasteiger partial charge < -0.3 is 5.73 Å². The van der Waals surface area contributed by atoms with Gasteiger partial charge in [-0.25, -0.2) is 4.39 Å². The van der Waals surface area contributed by atoms with E-state index >= 15 is 0 Å². The lowest BCUT2D eigenvalue weighted by molar-refractivity contribution is -0.138. The molecule has 0 unspecified atom stereocenters. The molecule has 104 valence electrons. The summed E-state index contributed by atoms with van der Waals surface area (Å²) in [4.78, 5) is 0. The molecule has 0 saturated carbocycles. The molecular formula is C12H16ClF4N. The van der Waals surface area contributed by atoms with Crippen LogP contribution in [0.3, 0.4) is 0 Å². The van der Waals surface area contributed by atoms with Gasteiger partial charge in [0.2, 0.25) is 0 Å². The van der Waals surface area contributed by atoms with Gasteiger partial charge in [0, 0.05) is 6.04 Å². The van der Waals surface area contributed by atoms with E-state index in [0.29, 0.717) is 6.07 Å². The van der Waals surface area contributed by atoms with Crippen LogP contribution in [0.25, 0.3) is 0 Å². The summed E-state index contributed by atoms with van der Waals surface area (Å²) < 4.78 is 51.2. The van der Waals surface area contributed by atoms with E-state index in [0.717, 1.165) is 12.1 Å². The van der Waals surface area contributed by atoms with E-state index < -0.39 is 29.0 Å². The van der Waals surface area contributed by atoms with Gasteiger partial charge in [0.15, 0.2) is 0 Å². The molecule has 2 N–H and O–H groups in total. The molecule has 18 heavy (non-hydrogen) atoms. The second-order valence-corrected chi connectivity index (χ2v) is 5.07. The topological polar surface area (TPSA) is 26.0 Å². The van der Waals surface area contributed by atoms with E-state index in [2.05, 4.69) is 0 Å². The average Bonchev–Trinajstić information content (AvgIpc) is 2.14. The molecule has 1 rings (SSSR count). The van der Waals surface area contributed by atoms with Crippen LogP contribution in [-0.4, -0.2) is 0 Å². The number of nitrogens with two attached hydrogens (primary N) is 1. The third kappa shape index (κ3) is 3.85. The minimum Gasteiger partial charge on any atom is -0.324 e. The highest BCUT2D eigenvalue weighted by atomic mass is 35.5. The molecule has 0 aliphatic heterocycles. The molecule has 1 nitrogen and oxygen atoms in total. The number of benzene rings is 1. The van der Waals surface area contributed by atoms with Gasteiger partial charge >= 0.3 is 6.18 Å². The molecule has 0 aliphatic carbocycles. The lowest BCUT2D eigenvalue weighted by Gasteiger charge is -2.29. The molecule has 0 radical (unpaired) electrons. The summed E-state index contributed by atoms with van der Waals surface area (Å²) in [6, 6.07) is 1.78. The molecule has 0 saturated heterocycles. The van der Waals surface area contributed by atoms with Crippen LogP contribution in [0.2, 0.25) is 0 Å². The molecule has 0 aromatic heterocycles. The Morgan fingerprint density at radius 2 is 1.61 bits per heavy atom. The highest BCUT2D eigenvalue weighted by Crippen LogP contribution is 2.39. The van der Waals surface area contributed by atoms with Gasteiger partial charge in [-0.2, -0.15) is 13.2 Å². The van der Waals surface area contributed by atoms with E-state index in [4.69, 9.17) is 5.73 Å². The van der Waals surface area contributed by atoms with Crippen LogP contribution in [0, 0.1) is 11.2 Å². The predicted molar refractivity (Wildman–Crippen MR) is 65.0 cm³/mol. The highest BCUT2D eigenvalue weighted by molar-refractivity contribution is 5.85. The summed E-state index contributed by atoms with van der Waals surface area (Å²) in [6.07, 6.45) is -4.60. The van der Waals surface area contributed by atoms with E-state index in [1.54, 1.807) is 20.8 Å². The third-order valence-electron chi connectivity index (χ3n) is 2.59. The van der Waals surface area contributed by atoms with Crippen molar-refractivity contribution in [1.29, 1.82) is 0 Å². The zero-order chi connectivity index (χ0) is 13.4. The first-order valence-corrected chi connectivity index (χ1v) is 5.15. The maximum absolute atomic E-state index is 12.9. The van der Waals surface area contributed by atoms with Gasteiger partial charge in [0.1, 0.15) is 5.82 Å². The standard InChI is InChI=1S/C12H15F4N.ClH/c1-11(2,3)10(17)8-5-4-7(13)6-9(8)12(14,15)16;/h4-6,10H,17H2,1-3H3;1H/t10-;/m1./s1. The lowest BCUT2D eigenvalue weighted by Crippen LogP contribution is -2.28. The third-order valence-corrected chi connectivity index (χ3v) is 2.59. The second-order valence-electron chi connectivity index (χ2n) is 5.07. The molecule has 0 spiro atoms. The molecule has 1 aromatic rings. The molecule has 0 amide bonds. The van der Waals surface area contributed by atoms with Gasteiger partial charge in [-0.1, -0.05) is 26.8 Å². The average molecular weight is 286 g/mol. The Morgan fingerprint density at radius 1 is 1.11 bits per heavy atom. The molecule has 6 heteroatoms. The fourth-order valence-corrected chi connectivity index (χ4v) is 1.51. The van der Waals surface area contributed by atoms with Gasteiger partial charge in [-0.05, 0) is 23.1 Å². The Balaban J connectivity index is 0.00000289. The zero-order valence-corrected chi connectivity index (χ0v) is 11.1. The zero-order valence-electron chi connectivity index (χ0n) is 10.3. The predicted octanol–water partition coefficient (Wildman–Crippen LogP) is 4.31. The summed E-state index contributed by atoms with van der Waals surface area (Å²) in [5, 5.41) is 0. The summed E-state index contributed by atoms with van der Waals surface area (Å²) in [5.41, 5.74) is 4.19. The van der Waals surface area contributed by atoms with E-state index in [1.807, 2.05) is 0 Å². The van der Waals surface area contributed by atoms with Crippen LogP contribution in [0.15, 0.2) is 18.2 Å². The smallest absolute Gasteiger partial charge is 0.324 e. The monoisotopic (exact) mass is 285 g/mol. The minimum atomic E-state index is -4.60. The highest BCUT2D eigenvalue weighted by Gasteiger charge is 2.37. The fourth-order valence-electron chi connectivity index (χ4n) is 1.51. The molecule has 1 atom stereocenters. The van der Waals surface area contributed by atoms with Crippen LogP contribution >= 0.6 is 12.4 Å². The first-order valence-electron chi connectivity index (χ1n) is 5.15. The van der Waals surface area contributed by atoms with Gasteiger partial charge in [-0.3, -0.25) is 0 Å². The Morgan fingerprint density at radius 3 is 2.00 bits per heavy atom. The molecule has 0 aliphatic rings. The van der Waals surface area contributed by atoms with Crippen LogP contribution in [0.4, 0.5) is 17.6 Å². The van der Waals surface area contributed by atoms with Crippen molar-refractivity contribution in [2.24, 2.45) is 11.1 Å². The number of rotatable bonds is 1. The van der Waals surface area contributed by atoms with Crippen LogP contribution in [0.1, 0.15) is 37.9 Å². The summed E-state index contributed by atoms with van der Waals surface area (Å²) in [6.45, 7) is 5.21. The van der Waals surface area contributed by atoms with E-state index in [1.165, 1.54) is 0 Å². The van der Waals surface area contributed by atoms with Crippen molar-refractivity contribution in [3.05, 3.63) is 35.1 Å². The van der Waals surface area contributed by atoms with Crippen molar-refractivity contribution in [1.82, 2.24) is 0 Å². The fraction of sp³-hybridized carbons (Fsp3) is 0.500. The maximum atomic E-state index is 12.9. The number of hydrogen-bond acceptors (Lipinski definition) is 1. The van der Waals surface area contributed by atoms with Crippen LogP contribution in [-0.2, 0) is 6.18 Å². The summed E-state index contributed by atoms with van der Waals surface area (Å²) >= 11 is 0. The first kappa shape index (κ1) is 17.2. The van der Waals surface area contributed by atoms with Crippen molar-refractivity contribution in [2.45, 2.75) is 33.0 Å². The SMILES string of the molecule is CC(C)(C)[C@H](N)c1ccc(F)cc1C(F)(F)F.Cl. The first-order chi connectivity index (χ1) is 7.53. The maximum Gasteiger partial charge on any atom is 0.416 e. The number of alkyl halides is 3. The normalized spacial score (nSPS) is 14.0. The molecule has 1 aromatic carbocycles. The lowest BCUT2D eigenvalue weighted by atomic mass is 9.81. The molecule has 0 heterocycles. The summed E-state index contributed by atoms with van der Waals surface area (Å²) in [5.74, 6) is -0.915. The Hall–Kier alpha value is -0.810. The van der Waals surface area contributed by atoms with Gasteiger partial charge in [0.25, 0.3) is 0 Å². The largest absolute Gasteiger partial charge is 0.416 e. The van der Waals surface area contributed by atoms with Crippen molar-refractivity contribution >= 4 is 12.4 Å². The molecule has 0 fully saturated rings. The minimum absolute atomic E-state index is 0. The molecular weight excluding hydrogens is 270 g/mol. The Kier molecular flexibility index (Phi) is 5.20. The quantitative estimate of drug-likeness (QED) is 0.765. The van der Waals surface area contributed by atoms with Crippen molar-refractivity contribution in [3.63, 3.8) is 0 Å². The second kappa shape index (κ2) is 5.45. The van der Waals surface area contributed by atoms with Crippen molar-refractivity contribution < 1.29 is 17.6 Å². The number of halogens is 5. The Bertz CT molecular complexity index is 410. The number of hydrogen-bond donors (Lipinski definition) is 1. The van der Waals surface area contributed by atoms with Crippen molar-refractivity contribution in [3.8, 4) is 0 Å². The van der Waals surface area contributed by atoms with E-state index in [9.17, 15) is 17.6 Å². The van der Waals surface area contributed by atoms with Crippen molar-refractivity contribution in [2.75, 3.05) is 0 Å². The van der Waals surface area contributed by atoms with Crippen LogP contribution in [0.5, 0.6) is 0 Å². The van der Waals surface area contributed by atoms with Crippen LogP contribution < -0.4 is 5.73 Å². The summed E-state index contributed by atoms with van der Waals surface area (Å²) in [7, 11) is 0. The van der Waals surface area contributed by atoms with Gasteiger partial charge in [0.05, 0.1) is 5.56 Å². The van der Waals surface area contributed by atoms with Gasteiger partial charge in [-0.15, -0.1) is 12.4 Å². The van der Waals surface area contributed by atoms with E-state index in [-0.39, 0.29) is 18.0 Å².